The molecular formula is C22H23FN4O3S. The second-order valence-corrected chi connectivity index (χ2v) is 8.05. The predicted octanol–water partition coefficient (Wildman–Crippen LogP) is 3.25. The quantitative estimate of drug-likeness (QED) is 0.520. The summed E-state index contributed by atoms with van der Waals surface area (Å²) >= 11 is 1.25. The van der Waals surface area contributed by atoms with Gasteiger partial charge in [-0.2, -0.15) is 0 Å². The van der Waals surface area contributed by atoms with Crippen molar-refractivity contribution in [1.29, 1.82) is 0 Å². The molecule has 9 heteroatoms. The van der Waals surface area contributed by atoms with Crippen LogP contribution in [0.15, 0.2) is 58.2 Å². The van der Waals surface area contributed by atoms with Gasteiger partial charge >= 0.3 is 0 Å². The lowest BCUT2D eigenvalue weighted by molar-refractivity contribution is -0.128. The third-order valence-corrected chi connectivity index (χ3v) is 5.91. The molecule has 0 unspecified atom stereocenters. The Hall–Kier alpha value is -3.07. The number of carbonyl (C=O) groups is 1. The van der Waals surface area contributed by atoms with Gasteiger partial charge < -0.3 is 19.0 Å². The van der Waals surface area contributed by atoms with Gasteiger partial charge in [0.1, 0.15) is 11.6 Å². The van der Waals surface area contributed by atoms with E-state index in [-0.39, 0.29) is 17.5 Å². The number of halogens is 1. The standard InChI is InChI=1S/C22H23FN4O3S/c1-29-19-8-2-16(3-9-19)14-20-24-25-22(30-20)31-15-21(28)27-12-10-26(11-13-27)18-6-4-17(23)5-7-18/h2-9H,10-15H2,1H3. The minimum atomic E-state index is -0.247. The van der Waals surface area contributed by atoms with E-state index in [1.807, 2.05) is 29.2 Å². The highest BCUT2D eigenvalue weighted by atomic mass is 32.2. The SMILES string of the molecule is COc1ccc(Cc2nnc(SCC(=O)N3CCN(c4ccc(F)cc4)CC3)o2)cc1. The van der Waals surface area contributed by atoms with E-state index in [9.17, 15) is 9.18 Å². The zero-order chi connectivity index (χ0) is 21.6. The van der Waals surface area contributed by atoms with Gasteiger partial charge in [0.15, 0.2) is 0 Å². The van der Waals surface area contributed by atoms with Crippen LogP contribution in [-0.2, 0) is 11.2 Å². The number of nitrogens with zero attached hydrogens (tertiary/aromatic N) is 4. The maximum Gasteiger partial charge on any atom is 0.277 e. The Morgan fingerprint density at radius 3 is 2.45 bits per heavy atom. The molecule has 7 nitrogen and oxygen atoms in total. The average molecular weight is 443 g/mol. The molecule has 0 aliphatic carbocycles. The van der Waals surface area contributed by atoms with Gasteiger partial charge in [-0.05, 0) is 42.0 Å². The zero-order valence-electron chi connectivity index (χ0n) is 17.2. The maximum atomic E-state index is 13.1. The van der Waals surface area contributed by atoms with E-state index in [0.29, 0.717) is 43.7 Å². The number of aromatic nitrogens is 2. The summed E-state index contributed by atoms with van der Waals surface area (Å²) in [4.78, 5) is 16.5. The summed E-state index contributed by atoms with van der Waals surface area (Å²) in [6, 6.07) is 14.1. The Labute approximate surface area is 184 Å². The van der Waals surface area contributed by atoms with Crippen LogP contribution >= 0.6 is 11.8 Å². The Balaban J connectivity index is 1.23. The number of piperazine rings is 1. The van der Waals surface area contributed by atoms with Crippen molar-refractivity contribution in [3.05, 3.63) is 65.8 Å². The summed E-state index contributed by atoms with van der Waals surface area (Å²) in [6.45, 7) is 2.69. The van der Waals surface area contributed by atoms with Crippen LogP contribution in [0.3, 0.4) is 0 Å². The van der Waals surface area contributed by atoms with Gasteiger partial charge in [0.2, 0.25) is 11.8 Å². The molecule has 2 heterocycles. The molecule has 162 valence electrons. The molecule has 2 aromatic carbocycles. The van der Waals surface area contributed by atoms with Crippen molar-refractivity contribution in [2.75, 3.05) is 43.9 Å². The van der Waals surface area contributed by atoms with Gasteiger partial charge in [0, 0.05) is 31.9 Å². The van der Waals surface area contributed by atoms with E-state index >= 15 is 0 Å². The lowest BCUT2D eigenvalue weighted by Gasteiger charge is -2.36. The minimum absolute atomic E-state index is 0.0404. The number of thioether (sulfide) groups is 1. The number of ether oxygens (including phenoxy) is 1. The topological polar surface area (TPSA) is 71.7 Å². The van der Waals surface area contributed by atoms with Crippen LogP contribution in [0.2, 0.25) is 0 Å². The average Bonchev–Trinajstić information content (AvgIpc) is 3.26. The van der Waals surface area contributed by atoms with Crippen LogP contribution in [0, 0.1) is 5.82 Å². The number of rotatable bonds is 7. The number of amides is 1. The molecule has 0 radical (unpaired) electrons. The summed E-state index contributed by atoms with van der Waals surface area (Å²) < 4.78 is 23.9. The number of benzene rings is 2. The fraction of sp³-hybridized carbons (Fsp3) is 0.318. The Kier molecular flexibility index (Phi) is 6.71. The molecule has 1 aromatic heterocycles. The van der Waals surface area contributed by atoms with Gasteiger partial charge in [-0.15, -0.1) is 10.2 Å². The summed E-state index contributed by atoms with van der Waals surface area (Å²) in [7, 11) is 1.63. The molecule has 1 saturated heterocycles. The molecule has 1 fully saturated rings. The van der Waals surface area contributed by atoms with E-state index in [1.165, 1.54) is 23.9 Å². The number of carbonyl (C=O) groups excluding carboxylic acids is 1. The van der Waals surface area contributed by atoms with Crippen molar-refractivity contribution in [2.24, 2.45) is 0 Å². The third kappa shape index (κ3) is 5.55. The van der Waals surface area contributed by atoms with E-state index in [1.54, 1.807) is 19.2 Å². The summed E-state index contributed by atoms with van der Waals surface area (Å²) in [6.07, 6.45) is 0.525. The van der Waals surface area contributed by atoms with E-state index < -0.39 is 0 Å². The molecule has 0 saturated carbocycles. The summed E-state index contributed by atoms with van der Waals surface area (Å²) in [5, 5.41) is 8.49. The molecule has 3 aromatic rings. The van der Waals surface area contributed by atoms with Crippen molar-refractivity contribution < 1.29 is 18.3 Å². The number of anilines is 1. The summed E-state index contributed by atoms with van der Waals surface area (Å²) in [5.74, 6) is 1.35. The monoisotopic (exact) mass is 442 g/mol. The van der Waals surface area contributed by atoms with Gasteiger partial charge in [-0.1, -0.05) is 23.9 Å². The Bertz CT molecular complexity index is 1000. The highest BCUT2D eigenvalue weighted by Crippen LogP contribution is 2.21. The Morgan fingerprint density at radius 1 is 1.06 bits per heavy atom. The third-order valence-electron chi connectivity index (χ3n) is 5.11. The number of hydrogen-bond acceptors (Lipinski definition) is 7. The van der Waals surface area contributed by atoms with Crippen molar-refractivity contribution in [1.82, 2.24) is 15.1 Å². The first kappa shape index (κ1) is 21.2. The normalized spacial score (nSPS) is 14.0. The van der Waals surface area contributed by atoms with Gasteiger partial charge in [-0.25, -0.2) is 4.39 Å². The molecule has 31 heavy (non-hydrogen) atoms. The largest absolute Gasteiger partial charge is 0.497 e. The second-order valence-electron chi connectivity index (χ2n) is 7.12. The first-order chi connectivity index (χ1) is 15.1. The fourth-order valence-electron chi connectivity index (χ4n) is 3.37. The van der Waals surface area contributed by atoms with Crippen LogP contribution in [0.1, 0.15) is 11.5 Å². The molecule has 1 aliphatic rings. The molecule has 0 N–H and O–H groups in total. The van der Waals surface area contributed by atoms with Crippen LogP contribution < -0.4 is 9.64 Å². The molecule has 0 atom stereocenters. The fourth-order valence-corrected chi connectivity index (χ4v) is 4.05. The molecule has 1 aliphatic heterocycles. The van der Waals surface area contributed by atoms with Crippen molar-refractivity contribution >= 4 is 23.4 Å². The molecule has 0 bridgehead atoms. The van der Waals surface area contributed by atoms with Crippen molar-refractivity contribution in [2.45, 2.75) is 11.6 Å². The Morgan fingerprint density at radius 2 is 1.77 bits per heavy atom. The van der Waals surface area contributed by atoms with Crippen LogP contribution in [0.25, 0.3) is 0 Å². The lowest BCUT2D eigenvalue weighted by atomic mass is 10.1. The molecule has 4 rings (SSSR count). The first-order valence-corrected chi connectivity index (χ1v) is 11.0. The maximum absolute atomic E-state index is 13.1. The molecular weight excluding hydrogens is 419 g/mol. The van der Waals surface area contributed by atoms with Crippen LogP contribution in [0.4, 0.5) is 10.1 Å². The molecule has 1 amide bonds. The number of hydrogen-bond donors (Lipinski definition) is 0. The summed E-state index contributed by atoms with van der Waals surface area (Å²) in [5.41, 5.74) is 2.01. The number of methoxy groups -OCH3 is 1. The van der Waals surface area contributed by atoms with Crippen LogP contribution in [-0.4, -0.2) is 60.0 Å². The van der Waals surface area contributed by atoms with Gasteiger partial charge in [-0.3, -0.25) is 4.79 Å². The smallest absolute Gasteiger partial charge is 0.277 e. The zero-order valence-corrected chi connectivity index (χ0v) is 18.0. The van der Waals surface area contributed by atoms with Crippen molar-refractivity contribution in [3.63, 3.8) is 0 Å². The van der Waals surface area contributed by atoms with Crippen LogP contribution in [0.5, 0.6) is 5.75 Å². The van der Waals surface area contributed by atoms with Crippen molar-refractivity contribution in [3.8, 4) is 5.75 Å². The first-order valence-electron chi connectivity index (χ1n) is 9.97. The lowest BCUT2D eigenvalue weighted by Crippen LogP contribution is -2.49. The van der Waals surface area contributed by atoms with Gasteiger partial charge in [0.25, 0.3) is 5.22 Å². The highest BCUT2D eigenvalue weighted by Gasteiger charge is 2.22. The van der Waals surface area contributed by atoms with Gasteiger partial charge in [0.05, 0.1) is 19.3 Å². The highest BCUT2D eigenvalue weighted by molar-refractivity contribution is 7.99. The predicted molar refractivity (Wildman–Crippen MR) is 116 cm³/mol. The minimum Gasteiger partial charge on any atom is -0.497 e. The van der Waals surface area contributed by atoms with E-state index in [2.05, 4.69) is 15.1 Å². The molecule has 0 spiro atoms. The van der Waals surface area contributed by atoms with E-state index in [4.69, 9.17) is 9.15 Å². The van der Waals surface area contributed by atoms with E-state index in [0.717, 1.165) is 17.0 Å². The second kappa shape index (κ2) is 9.82.